The minimum absolute atomic E-state index is 0.0432. The van der Waals surface area contributed by atoms with Crippen LogP contribution in [0.4, 0.5) is 0 Å². The summed E-state index contributed by atoms with van der Waals surface area (Å²) in [5.74, 6) is -0.352. The number of carbonyl (C=O) groups excluding carboxylic acids is 2. The molecule has 0 heterocycles. The van der Waals surface area contributed by atoms with Crippen molar-refractivity contribution in [1.82, 2.24) is 0 Å². The van der Waals surface area contributed by atoms with Crippen molar-refractivity contribution in [2.24, 2.45) is 11.8 Å². The first-order chi connectivity index (χ1) is 8.50. The fraction of sp³-hybridized carbons (Fsp3) is 0.467. The van der Waals surface area contributed by atoms with Crippen LogP contribution in [0.15, 0.2) is 30.3 Å². The molecule has 0 spiro atoms. The summed E-state index contributed by atoms with van der Waals surface area (Å²) in [6, 6.07) is 9.51. The van der Waals surface area contributed by atoms with Crippen LogP contribution in [0.1, 0.15) is 32.8 Å². The molecule has 0 saturated carbocycles. The standard InChI is InChI=1S/C15H20O3/c1-11(2)14(12(3)16)9-15(17)18-10-13-7-5-4-6-8-13/h4-8,11,14H,9-10H2,1-3H3/t14-/m0/s1. The minimum Gasteiger partial charge on any atom is -0.461 e. The average molecular weight is 248 g/mol. The van der Waals surface area contributed by atoms with Crippen LogP contribution >= 0.6 is 0 Å². The number of Topliss-reactive ketones (excluding diaryl/α,β-unsaturated/α-hetero) is 1. The summed E-state index contributed by atoms with van der Waals surface area (Å²) >= 11 is 0. The van der Waals surface area contributed by atoms with E-state index in [1.165, 1.54) is 6.92 Å². The molecular weight excluding hydrogens is 228 g/mol. The topological polar surface area (TPSA) is 43.4 Å². The van der Waals surface area contributed by atoms with E-state index in [-0.39, 0.29) is 36.6 Å². The zero-order valence-electron chi connectivity index (χ0n) is 11.2. The van der Waals surface area contributed by atoms with Gasteiger partial charge in [-0.15, -0.1) is 0 Å². The Labute approximate surface area is 108 Å². The Morgan fingerprint density at radius 2 is 1.78 bits per heavy atom. The molecule has 0 unspecified atom stereocenters. The first-order valence-corrected chi connectivity index (χ1v) is 6.20. The van der Waals surface area contributed by atoms with Gasteiger partial charge in [0.15, 0.2) is 0 Å². The third kappa shape index (κ3) is 4.70. The van der Waals surface area contributed by atoms with Gasteiger partial charge in [-0.1, -0.05) is 44.2 Å². The molecule has 1 atom stereocenters. The van der Waals surface area contributed by atoms with Crippen molar-refractivity contribution < 1.29 is 14.3 Å². The predicted molar refractivity (Wildman–Crippen MR) is 69.9 cm³/mol. The van der Waals surface area contributed by atoms with Crippen LogP contribution in [0.25, 0.3) is 0 Å². The molecule has 0 radical (unpaired) electrons. The quantitative estimate of drug-likeness (QED) is 0.727. The van der Waals surface area contributed by atoms with E-state index in [4.69, 9.17) is 4.74 Å². The Balaban J connectivity index is 2.44. The second-order valence-corrected chi connectivity index (χ2v) is 4.81. The van der Waals surface area contributed by atoms with Crippen LogP contribution in [0.5, 0.6) is 0 Å². The fourth-order valence-corrected chi connectivity index (χ4v) is 1.83. The van der Waals surface area contributed by atoms with E-state index < -0.39 is 0 Å². The molecule has 0 amide bonds. The van der Waals surface area contributed by atoms with Crippen molar-refractivity contribution in [2.75, 3.05) is 0 Å². The highest BCUT2D eigenvalue weighted by Crippen LogP contribution is 2.17. The van der Waals surface area contributed by atoms with Gasteiger partial charge in [0.05, 0.1) is 6.42 Å². The van der Waals surface area contributed by atoms with Crippen molar-refractivity contribution >= 4 is 11.8 Å². The van der Waals surface area contributed by atoms with Crippen molar-refractivity contribution in [1.29, 1.82) is 0 Å². The third-order valence-corrected chi connectivity index (χ3v) is 2.96. The largest absolute Gasteiger partial charge is 0.461 e. The molecular formula is C15H20O3. The maximum Gasteiger partial charge on any atom is 0.306 e. The Morgan fingerprint density at radius 3 is 2.28 bits per heavy atom. The molecule has 0 aliphatic heterocycles. The van der Waals surface area contributed by atoms with Crippen LogP contribution < -0.4 is 0 Å². The molecule has 18 heavy (non-hydrogen) atoms. The summed E-state index contributed by atoms with van der Waals surface area (Å²) in [6.07, 6.45) is 0.167. The second-order valence-electron chi connectivity index (χ2n) is 4.81. The Hall–Kier alpha value is -1.64. The Morgan fingerprint density at radius 1 is 1.17 bits per heavy atom. The molecule has 0 aliphatic carbocycles. The number of ether oxygens (including phenoxy) is 1. The lowest BCUT2D eigenvalue weighted by Crippen LogP contribution is -2.22. The van der Waals surface area contributed by atoms with Gasteiger partial charge in [0.1, 0.15) is 12.4 Å². The molecule has 0 fully saturated rings. The highest BCUT2D eigenvalue weighted by Gasteiger charge is 2.22. The van der Waals surface area contributed by atoms with Crippen LogP contribution in [0.3, 0.4) is 0 Å². The van der Waals surface area contributed by atoms with Gasteiger partial charge >= 0.3 is 5.97 Å². The van der Waals surface area contributed by atoms with Crippen molar-refractivity contribution in [3.63, 3.8) is 0 Å². The van der Waals surface area contributed by atoms with Crippen LogP contribution in [0, 0.1) is 11.8 Å². The summed E-state index contributed by atoms with van der Waals surface area (Å²) in [5.41, 5.74) is 0.953. The van der Waals surface area contributed by atoms with Gasteiger partial charge in [0.2, 0.25) is 0 Å². The first kappa shape index (κ1) is 14.4. The van der Waals surface area contributed by atoms with Gasteiger partial charge in [-0.3, -0.25) is 9.59 Å². The van der Waals surface area contributed by atoms with Gasteiger partial charge in [0.25, 0.3) is 0 Å². The molecule has 0 aliphatic rings. The molecule has 3 heteroatoms. The fourth-order valence-electron chi connectivity index (χ4n) is 1.83. The molecule has 3 nitrogen and oxygen atoms in total. The van der Waals surface area contributed by atoms with Crippen LogP contribution in [-0.2, 0) is 20.9 Å². The van der Waals surface area contributed by atoms with E-state index in [1.54, 1.807) is 0 Å². The van der Waals surface area contributed by atoms with E-state index in [1.807, 2.05) is 44.2 Å². The average Bonchev–Trinajstić information content (AvgIpc) is 2.34. The second kappa shape index (κ2) is 6.94. The zero-order chi connectivity index (χ0) is 13.5. The summed E-state index contributed by atoms with van der Waals surface area (Å²) in [7, 11) is 0. The molecule has 0 bridgehead atoms. The van der Waals surface area contributed by atoms with Crippen molar-refractivity contribution in [2.45, 2.75) is 33.8 Å². The molecule has 1 rings (SSSR count). The summed E-state index contributed by atoms with van der Waals surface area (Å²) < 4.78 is 5.17. The van der Waals surface area contributed by atoms with Gasteiger partial charge in [-0.25, -0.2) is 0 Å². The summed E-state index contributed by atoms with van der Waals surface area (Å²) in [6.45, 7) is 5.67. The lowest BCUT2D eigenvalue weighted by Gasteiger charge is -2.16. The monoisotopic (exact) mass is 248 g/mol. The Bertz CT molecular complexity index is 395. The normalized spacial score (nSPS) is 12.2. The van der Waals surface area contributed by atoms with E-state index >= 15 is 0 Å². The molecule has 0 aromatic heterocycles. The van der Waals surface area contributed by atoms with Gasteiger partial charge in [-0.2, -0.15) is 0 Å². The van der Waals surface area contributed by atoms with E-state index in [0.717, 1.165) is 5.56 Å². The lowest BCUT2D eigenvalue weighted by atomic mass is 9.89. The number of benzene rings is 1. The predicted octanol–water partition coefficient (Wildman–Crippen LogP) is 2.98. The van der Waals surface area contributed by atoms with E-state index in [9.17, 15) is 9.59 Å². The van der Waals surface area contributed by atoms with Gasteiger partial charge in [-0.05, 0) is 18.4 Å². The summed E-state index contributed by atoms with van der Waals surface area (Å²) in [4.78, 5) is 23.0. The number of ketones is 1. The molecule has 0 saturated heterocycles. The van der Waals surface area contributed by atoms with E-state index in [0.29, 0.717) is 0 Å². The molecule has 98 valence electrons. The van der Waals surface area contributed by atoms with Crippen molar-refractivity contribution in [3.05, 3.63) is 35.9 Å². The first-order valence-electron chi connectivity index (χ1n) is 6.20. The van der Waals surface area contributed by atoms with Crippen molar-refractivity contribution in [3.8, 4) is 0 Å². The number of hydrogen-bond acceptors (Lipinski definition) is 3. The lowest BCUT2D eigenvalue weighted by molar-refractivity contribution is -0.148. The van der Waals surface area contributed by atoms with Crippen LogP contribution in [-0.4, -0.2) is 11.8 Å². The minimum atomic E-state index is -0.312. The van der Waals surface area contributed by atoms with Gasteiger partial charge in [0, 0.05) is 5.92 Å². The maximum atomic E-state index is 11.7. The maximum absolute atomic E-state index is 11.7. The molecule has 1 aromatic rings. The SMILES string of the molecule is CC(=O)[C@@H](CC(=O)OCc1ccccc1)C(C)C. The number of hydrogen-bond donors (Lipinski definition) is 0. The molecule has 1 aromatic carbocycles. The van der Waals surface area contributed by atoms with Crippen LogP contribution in [0.2, 0.25) is 0 Å². The molecule has 0 N–H and O–H groups in total. The highest BCUT2D eigenvalue weighted by atomic mass is 16.5. The number of esters is 1. The van der Waals surface area contributed by atoms with Gasteiger partial charge < -0.3 is 4.74 Å². The summed E-state index contributed by atoms with van der Waals surface area (Å²) in [5, 5.41) is 0. The Kier molecular flexibility index (Phi) is 5.56. The smallest absolute Gasteiger partial charge is 0.306 e. The third-order valence-electron chi connectivity index (χ3n) is 2.96. The zero-order valence-corrected chi connectivity index (χ0v) is 11.2. The number of carbonyl (C=O) groups is 2. The number of rotatable bonds is 6. The highest BCUT2D eigenvalue weighted by molar-refractivity contribution is 5.83. The van der Waals surface area contributed by atoms with E-state index in [2.05, 4.69) is 0 Å².